The highest BCUT2D eigenvalue weighted by Gasteiger charge is 2.31. The smallest absolute Gasteiger partial charge is 0.203 e. The van der Waals surface area contributed by atoms with Crippen molar-refractivity contribution in [3.05, 3.63) is 53.1 Å². The van der Waals surface area contributed by atoms with Crippen LogP contribution >= 0.6 is 0 Å². The summed E-state index contributed by atoms with van der Waals surface area (Å²) >= 11 is 0. The van der Waals surface area contributed by atoms with E-state index in [4.69, 9.17) is 14.2 Å². The van der Waals surface area contributed by atoms with Crippen LogP contribution in [0.15, 0.2) is 36.4 Å². The van der Waals surface area contributed by atoms with Gasteiger partial charge in [0.1, 0.15) is 0 Å². The zero-order valence-corrected chi connectivity index (χ0v) is 16.4. The van der Waals surface area contributed by atoms with Gasteiger partial charge in [0.2, 0.25) is 5.75 Å². The van der Waals surface area contributed by atoms with E-state index in [1.165, 1.54) is 17.5 Å². The summed E-state index contributed by atoms with van der Waals surface area (Å²) < 4.78 is 16.3. The van der Waals surface area contributed by atoms with Crippen LogP contribution in [0.5, 0.6) is 17.2 Å². The van der Waals surface area contributed by atoms with Crippen molar-refractivity contribution in [2.24, 2.45) is 0 Å². The Morgan fingerprint density at radius 3 is 2.27 bits per heavy atom. The highest BCUT2D eigenvalue weighted by Crippen LogP contribution is 2.42. The molecule has 4 heteroatoms. The molecule has 1 N–H and O–H groups in total. The van der Waals surface area contributed by atoms with E-state index in [1.54, 1.807) is 21.3 Å². The van der Waals surface area contributed by atoms with E-state index in [-0.39, 0.29) is 5.41 Å². The second-order valence-corrected chi connectivity index (χ2v) is 7.48. The fourth-order valence-electron chi connectivity index (χ4n) is 3.90. The number of hydrogen-bond donors (Lipinski definition) is 1. The van der Waals surface area contributed by atoms with Crippen molar-refractivity contribution < 1.29 is 14.2 Å². The summed E-state index contributed by atoms with van der Waals surface area (Å²) in [6.45, 7) is 5.42. The van der Waals surface area contributed by atoms with E-state index < -0.39 is 0 Å². The number of methoxy groups -OCH3 is 3. The zero-order chi connectivity index (χ0) is 18.7. The summed E-state index contributed by atoms with van der Waals surface area (Å²) in [7, 11) is 4.92. The fourth-order valence-corrected chi connectivity index (χ4v) is 3.90. The highest BCUT2D eigenvalue weighted by molar-refractivity contribution is 5.53. The molecule has 4 nitrogen and oxygen atoms in total. The first-order chi connectivity index (χ1) is 12.5. The van der Waals surface area contributed by atoms with Crippen LogP contribution in [0.25, 0.3) is 0 Å². The van der Waals surface area contributed by atoms with Gasteiger partial charge in [0.25, 0.3) is 0 Å². The predicted octanol–water partition coefficient (Wildman–Crippen LogP) is 4.61. The Hall–Kier alpha value is -2.20. The molecule has 1 unspecified atom stereocenters. The zero-order valence-electron chi connectivity index (χ0n) is 16.4. The minimum atomic E-state index is 0.237. The quantitative estimate of drug-likeness (QED) is 0.821. The number of benzene rings is 2. The monoisotopic (exact) mass is 355 g/mol. The third-order valence-corrected chi connectivity index (χ3v) is 5.40. The van der Waals surface area contributed by atoms with Crippen LogP contribution in [0.4, 0.5) is 0 Å². The van der Waals surface area contributed by atoms with Crippen LogP contribution < -0.4 is 19.5 Å². The maximum Gasteiger partial charge on any atom is 0.203 e. The molecule has 0 heterocycles. The minimum Gasteiger partial charge on any atom is -0.493 e. The summed E-state index contributed by atoms with van der Waals surface area (Å²) in [4.78, 5) is 0. The molecule has 0 spiro atoms. The average Bonchev–Trinajstić information content (AvgIpc) is 2.66. The maximum atomic E-state index is 5.46. The van der Waals surface area contributed by atoms with Gasteiger partial charge in [-0.1, -0.05) is 38.1 Å². The molecule has 26 heavy (non-hydrogen) atoms. The number of ether oxygens (including phenoxy) is 3. The van der Waals surface area contributed by atoms with Crippen LogP contribution in [-0.4, -0.2) is 21.3 Å². The molecule has 1 aliphatic rings. The summed E-state index contributed by atoms with van der Waals surface area (Å²) in [5, 5.41) is 3.72. The molecule has 0 saturated heterocycles. The lowest BCUT2D eigenvalue weighted by Crippen LogP contribution is -2.32. The van der Waals surface area contributed by atoms with Gasteiger partial charge < -0.3 is 19.5 Å². The molecule has 140 valence electrons. The van der Waals surface area contributed by atoms with E-state index >= 15 is 0 Å². The van der Waals surface area contributed by atoms with Crippen molar-refractivity contribution in [3.8, 4) is 17.2 Å². The molecule has 3 rings (SSSR count). The Labute approximate surface area is 156 Å². The third kappa shape index (κ3) is 3.51. The van der Waals surface area contributed by atoms with E-state index in [2.05, 4.69) is 43.4 Å². The van der Waals surface area contributed by atoms with Crippen LogP contribution in [0, 0.1) is 0 Å². The molecule has 0 amide bonds. The Bertz CT molecular complexity index is 745. The van der Waals surface area contributed by atoms with Gasteiger partial charge in [-0.3, -0.25) is 0 Å². The van der Waals surface area contributed by atoms with Gasteiger partial charge in [-0.15, -0.1) is 0 Å². The Kier molecular flexibility index (Phi) is 5.42. The van der Waals surface area contributed by atoms with Gasteiger partial charge in [-0.2, -0.15) is 0 Å². The first-order valence-electron chi connectivity index (χ1n) is 9.12. The van der Waals surface area contributed by atoms with Crippen LogP contribution in [0.2, 0.25) is 0 Å². The van der Waals surface area contributed by atoms with Gasteiger partial charge in [0, 0.05) is 12.6 Å². The summed E-state index contributed by atoms with van der Waals surface area (Å²) in [5.74, 6) is 2.01. The Morgan fingerprint density at radius 1 is 1.00 bits per heavy atom. The van der Waals surface area contributed by atoms with Gasteiger partial charge in [-0.25, -0.2) is 0 Å². The number of rotatable bonds is 6. The van der Waals surface area contributed by atoms with Crippen molar-refractivity contribution in [1.82, 2.24) is 5.32 Å². The summed E-state index contributed by atoms with van der Waals surface area (Å²) in [6, 6.07) is 13.2. The fraction of sp³-hybridized carbons (Fsp3) is 0.455. The summed E-state index contributed by atoms with van der Waals surface area (Å²) in [6.07, 6.45) is 2.31. The molecule has 0 fully saturated rings. The number of nitrogens with one attached hydrogen (secondary N) is 1. The van der Waals surface area contributed by atoms with Gasteiger partial charge in [0.05, 0.1) is 21.3 Å². The summed E-state index contributed by atoms with van der Waals surface area (Å²) in [5.41, 5.74) is 4.22. The Balaban J connectivity index is 1.82. The molecule has 0 bridgehead atoms. The second kappa shape index (κ2) is 7.58. The average molecular weight is 355 g/mol. The second-order valence-electron chi connectivity index (χ2n) is 7.48. The molecule has 0 aliphatic heterocycles. The molecule has 2 aromatic rings. The van der Waals surface area contributed by atoms with Crippen LogP contribution in [-0.2, 0) is 12.0 Å². The SMILES string of the molecule is COc1cc(CNC2CCC(C)(C)c3ccccc32)cc(OC)c1OC. The van der Waals surface area contributed by atoms with Crippen molar-refractivity contribution in [3.63, 3.8) is 0 Å². The van der Waals surface area contributed by atoms with Crippen LogP contribution in [0.3, 0.4) is 0 Å². The van der Waals surface area contributed by atoms with Gasteiger partial charge >= 0.3 is 0 Å². The molecule has 0 radical (unpaired) electrons. The van der Waals surface area contributed by atoms with Crippen molar-refractivity contribution >= 4 is 0 Å². The number of hydrogen-bond acceptors (Lipinski definition) is 4. The molecular formula is C22H29NO3. The predicted molar refractivity (Wildman–Crippen MR) is 104 cm³/mol. The largest absolute Gasteiger partial charge is 0.493 e. The minimum absolute atomic E-state index is 0.237. The number of fused-ring (bicyclic) bond motifs is 1. The molecule has 1 aliphatic carbocycles. The van der Waals surface area contributed by atoms with E-state index in [1.807, 2.05) is 12.1 Å². The topological polar surface area (TPSA) is 39.7 Å². The highest BCUT2D eigenvalue weighted by atomic mass is 16.5. The van der Waals surface area contributed by atoms with Gasteiger partial charge in [-0.05, 0) is 47.1 Å². The maximum absolute atomic E-state index is 5.46. The normalized spacial score (nSPS) is 18.1. The van der Waals surface area contributed by atoms with Gasteiger partial charge in [0.15, 0.2) is 11.5 Å². The lowest BCUT2D eigenvalue weighted by molar-refractivity contribution is 0.323. The van der Waals surface area contributed by atoms with Crippen molar-refractivity contribution in [2.75, 3.05) is 21.3 Å². The third-order valence-electron chi connectivity index (χ3n) is 5.40. The van der Waals surface area contributed by atoms with Crippen molar-refractivity contribution in [2.45, 2.75) is 44.7 Å². The molecule has 2 aromatic carbocycles. The van der Waals surface area contributed by atoms with E-state index in [9.17, 15) is 0 Å². The molecule has 0 saturated carbocycles. The first kappa shape index (κ1) is 18.6. The van der Waals surface area contributed by atoms with E-state index in [0.29, 0.717) is 23.3 Å². The first-order valence-corrected chi connectivity index (χ1v) is 9.12. The van der Waals surface area contributed by atoms with Crippen LogP contribution in [0.1, 0.15) is 49.4 Å². The van der Waals surface area contributed by atoms with E-state index in [0.717, 1.165) is 18.5 Å². The molecular weight excluding hydrogens is 326 g/mol. The molecule has 0 aromatic heterocycles. The van der Waals surface area contributed by atoms with Crippen molar-refractivity contribution in [1.29, 1.82) is 0 Å². The molecule has 1 atom stereocenters. The lowest BCUT2D eigenvalue weighted by atomic mass is 9.71. The lowest BCUT2D eigenvalue weighted by Gasteiger charge is -2.37. The standard InChI is InChI=1S/C22H29NO3/c1-22(2)11-10-18(16-8-6-7-9-17(16)22)23-14-15-12-19(24-3)21(26-5)20(13-15)25-4/h6-9,12-13,18,23H,10-11,14H2,1-5H3. The Morgan fingerprint density at radius 2 is 1.65 bits per heavy atom.